The van der Waals surface area contributed by atoms with Crippen molar-refractivity contribution < 1.29 is 9.18 Å². The fourth-order valence-corrected chi connectivity index (χ4v) is 5.37. The molecule has 6 rings (SSSR count). The number of halogens is 2. The van der Waals surface area contributed by atoms with Gasteiger partial charge in [0.25, 0.3) is 0 Å². The number of amides is 1. The van der Waals surface area contributed by atoms with E-state index in [0.29, 0.717) is 11.1 Å². The van der Waals surface area contributed by atoms with Gasteiger partial charge in [0.15, 0.2) is 0 Å². The van der Waals surface area contributed by atoms with E-state index in [9.17, 15) is 9.18 Å². The average Bonchev–Trinajstić information content (AvgIpc) is 3.16. The van der Waals surface area contributed by atoms with E-state index in [1.54, 1.807) is 18.6 Å². The van der Waals surface area contributed by atoms with Crippen LogP contribution in [0, 0.1) is 5.82 Å². The van der Waals surface area contributed by atoms with Gasteiger partial charge in [-0.1, -0.05) is 42.4 Å². The molecule has 2 atom stereocenters. The summed E-state index contributed by atoms with van der Waals surface area (Å²) in [7, 11) is 0. The first-order valence-corrected chi connectivity index (χ1v) is 11.1. The van der Waals surface area contributed by atoms with Crippen LogP contribution in [0.5, 0.6) is 0 Å². The number of carbonyl (C=O) groups excluding carboxylic acids is 1. The van der Waals surface area contributed by atoms with Crippen LogP contribution in [0.3, 0.4) is 0 Å². The number of fused-ring (bicyclic) bond motifs is 3. The van der Waals surface area contributed by atoms with E-state index in [0.717, 1.165) is 47.2 Å². The lowest BCUT2D eigenvalue weighted by Crippen LogP contribution is -2.63. The Bertz CT molecular complexity index is 1460. The monoisotopic (exact) mass is 459 g/mol. The normalized spacial score (nSPS) is 19.6. The lowest BCUT2D eigenvalue weighted by molar-refractivity contribution is -0.127. The predicted molar refractivity (Wildman–Crippen MR) is 127 cm³/mol. The lowest BCUT2D eigenvalue weighted by Gasteiger charge is -2.47. The van der Waals surface area contributed by atoms with Crippen molar-refractivity contribution in [3.05, 3.63) is 72.4 Å². The summed E-state index contributed by atoms with van der Waals surface area (Å²) < 4.78 is 14.2. The minimum atomic E-state index is -0.463. The van der Waals surface area contributed by atoms with Crippen LogP contribution in [0.2, 0.25) is 5.02 Å². The molecule has 0 saturated carbocycles. The van der Waals surface area contributed by atoms with Crippen LogP contribution in [0.15, 0.2) is 61.6 Å². The van der Waals surface area contributed by atoms with Crippen molar-refractivity contribution in [3.63, 3.8) is 0 Å². The summed E-state index contributed by atoms with van der Waals surface area (Å²) in [5.74, 6) is 0.330. The number of hydrogen-bond acceptors (Lipinski definition) is 5. The van der Waals surface area contributed by atoms with E-state index >= 15 is 0 Å². The second kappa shape index (κ2) is 7.49. The molecule has 2 aliphatic rings. The molecular weight excluding hydrogens is 441 g/mol. The molecule has 0 aliphatic carbocycles. The first-order chi connectivity index (χ1) is 16.1. The Morgan fingerprint density at radius 1 is 1.18 bits per heavy atom. The number of carbonyl (C=O) groups is 1. The summed E-state index contributed by atoms with van der Waals surface area (Å²) >= 11 is 6.32. The Hall–Kier alpha value is -3.58. The Balaban J connectivity index is 1.40. The summed E-state index contributed by atoms with van der Waals surface area (Å²) in [6.45, 7) is 5.05. The largest absolute Gasteiger partial charge is 0.349 e. The van der Waals surface area contributed by atoms with Gasteiger partial charge < -0.3 is 9.80 Å². The van der Waals surface area contributed by atoms with Crippen LogP contribution in [0.1, 0.15) is 6.42 Å². The molecule has 2 fully saturated rings. The molecule has 1 amide bonds. The highest BCUT2D eigenvalue weighted by molar-refractivity contribution is 6.36. The zero-order chi connectivity index (χ0) is 22.7. The summed E-state index contributed by atoms with van der Waals surface area (Å²) in [6, 6.07) is 11.1. The Kier molecular flexibility index (Phi) is 4.55. The molecule has 2 aromatic carbocycles. The van der Waals surface area contributed by atoms with Gasteiger partial charge >= 0.3 is 0 Å². The third-order valence-electron chi connectivity index (χ3n) is 6.73. The average molecular weight is 460 g/mol. The second-order valence-electron chi connectivity index (χ2n) is 8.36. The first-order valence-electron chi connectivity index (χ1n) is 10.7. The van der Waals surface area contributed by atoms with Gasteiger partial charge in [-0.25, -0.2) is 14.4 Å². The lowest BCUT2D eigenvalue weighted by atomic mass is 9.96. The number of anilines is 1. The van der Waals surface area contributed by atoms with E-state index in [1.807, 2.05) is 29.2 Å². The van der Waals surface area contributed by atoms with Crippen molar-refractivity contribution in [2.75, 3.05) is 18.0 Å². The first kappa shape index (κ1) is 20.1. The van der Waals surface area contributed by atoms with Crippen LogP contribution in [0.4, 0.5) is 10.2 Å². The summed E-state index contributed by atoms with van der Waals surface area (Å²) in [6.07, 6.45) is 5.58. The van der Waals surface area contributed by atoms with E-state index < -0.39 is 5.82 Å². The Labute approximate surface area is 194 Å². The van der Waals surface area contributed by atoms with Crippen molar-refractivity contribution >= 4 is 45.0 Å². The third kappa shape index (κ3) is 2.99. The number of pyridine rings is 1. The second-order valence-corrected chi connectivity index (χ2v) is 8.74. The number of aromatic nitrogens is 3. The van der Waals surface area contributed by atoms with Crippen LogP contribution in [-0.2, 0) is 4.79 Å². The van der Waals surface area contributed by atoms with Gasteiger partial charge in [0.05, 0.1) is 33.7 Å². The highest BCUT2D eigenvalue weighted by Gasteiger charge is 2.49. The molecule has 0 N–H and O–H groups in total. The van der Waals surface area contributed by atoms with Crippen LogP contribution >= 0.6 is 11.6 Å². The summed E-state index contributed by atoms with van der Waals surface area (Å²) in [4.78, 5) is 29.9. The molecular formula is C25H19ClFN5O. The van der Waals surface area contributed by atoms with Gasteiger partial charge in [0.1, 0.15) is 18.0 Å². The van der Waals surface area contributed by atoms with Gasteiger partial charge in [-0.2, -0.15) is 0 Å². The molecule has 4 heterocycles. The molecule has 0 radical (unpaired) electrons. The number of benzene rings is 2. The SMILES string of the molecule is C=CC(=O)N1CC[C@@H]2[C@H]1CN2c1ncnc2cc(-c3cccc4ccc(F)c(Cl)c34)ncc12. The Morgan fingerprint density at radius 2 is 2.06 bits per heavy atom. The molecule has 2 aliphatic heterocycles. The van der Waals surface area contributed by atoms with Gasteiger partial charge in [0, 0.05) is 30.2 Å². The zero-order valence-electron chi connectivity index (χ0n) is 17.6. The van der Waals surface area contributed by atoms with Crippen molar-refractivity contribution in [1.29, 1.82) is 0 Å². The topological polar surface area (TPSA) is 62.2 Å². The van der Waals surface area contributed by atoms with Crippen molar-refractivity contribution in [1.82, 2.24) is 19.9 Å². The van der Waals surface area contributed by atoms with Gasteiger partial charge in [-0.15, -0.1) is 0 Å². The standard InChI is InChI=1S/C25H19ClFN5O/c1-2-22(33)31-9-8-20-21(31)12-32(20)25-16-11-28-18(10-19(16)29-13-30-25)15-5-3-4-14-6-7-17(27)24(26)23(14)15/h2-7,10-11,13,20-21H,1,8-9,12H2/t20-,21-/m1/s1. The molecule has 0 unspecified atom stereocenters. The zero-order valence-corrected chi connectivity index (χ0v) is 18.3. The molecule has 2 aromatic heterocycles. The van der Waals surface area contributed by atoms with Gasteiger partial charge in [0.2, 0.25) is 5.91 Å². The molecule has 2 saturated heterocycles. The highest BCUT2D eigenvalue weighted by atomic mass is 35.5. The van der Waals surface area contributed by atoms with E-state index in [4.69, 9.17) is 11.6 Å². The molecule has 0 spiro atoms. The number of hydrogen-bond donors (Lipinski definition) is 0. The van der Waals surface area contributed by atoms with Crippen molar-refractivity contribution in [2.45, 2.75) is 18.5 Å². The smallest absolute Gasteiger partial charge is 0.246 e. The summed E-state index contributed by atoms with van der Waals surface area (Å²) in [5, 5.41) is 2.39. The number of rotatable bonds is 3. The van der Waals surface area contributed by atoms with Crippen molar-refractivity contribution in [2.24, 2.45) is 0 Å². The van der Waals surface area contributed by atoms with Crippen LogP contribution < -0.4 is 4.90 Å². The minimum Gasteiger partial charge on any atom is -0.349 e. The number of likely N-dealkylation sites (tertiary alicyclic amines) is 1. The highest BCUT2D eigenvalue weighted by Crippen LogP contribution is 2.39. The molecule has 4 aromatic rings. The number of nitrogens with zero attached hydrogens (tertiary/aromatic N) is 5. The van der Waals surface area contributed by atoms with Crippen LogP contribution in [0.25, 0.3) is 32.9 Å². The molecule has 8 heteroatoms. The maximum Gasteiger partial charge on any atom is 0.246 e. The van der Waals surface area contributed by atoms with Gasteiger partial charge in [-0.3, -0.25) is 9.78 Å². The fourth-order valence-electron chi connectivity index (χ4n) is 5.09. The molecule has 164 valence electrons. The minimum absolute atomic E-state index is 0.0220. The predicted octanol–water partition coefficient (Wildman–Crippen LogP) is 4.61. The van der Waals surface area contributed by atoms with Crippen molar-refractivity contribution in [3.8, 4) is 11.3 Å². The van der Waals surface area contributed by atoms with E-state index in [1.165, 1.54) is 12.1 Å². The van der Waals surface area contributed by atoms with E-state index in [2.05, 4.69) is 26.4 Å². The maximum atomic E-state index is 14.2. The quantitative estimate of drug-likeness (QED) is 0.418. The van der Waals surface area contributed by atoms with Crippen LogP contribution in [-0.4, -0.2) is 50.9 Å². The third-order valence-corrected chi connectivity index (χ3v) is 7.10. The Morgan fingerprint density at radius 3 is 2.91 bits per heavy atom. The molecule has 6 nitrogen and oxygen atoms in total. The van der Waals surface area contributed by atoms with Gasteiger partial charge in [-0.05, 0) is 30.0 Å². The molecule has 33 heavy (non-hydrogen) atoms. The summed E-state index contributed by atoms with van der Waals surface area (Å²) in [5.41, 5.74) is 2.16. The maximum absolute atomic E-state index is 14.2. The molecule has 0 bridgehead atoms. The van der Waals surface area contributed by atoms with E-state index in [-0.39, 0.29) is 23.0 Å². The fraction of sp³-hybridized carbons (Fsp3) is 0.200.